The van der Waals surface area contributed by atoms with E-state index in [4.69, 9.17) is 4.74 Å². The zero-order chi connectivity index (χ0) is 14.9. The fourth-order valence-corrected chi connectivity index (χ4v) is 2.02. The van der Waals surface area contributed by atoms with Crippen molar-refractivity contribution < 1.29 is 9.53 Å². The summed E-state index contributed by atoms with van der Waals surface area (Å²) in [4.78, 5) is 28.8. The van der Waals surface area contributed by atoms with Gasteiger partial charge < -0.3 is 9.30 Å². The predicted molar refractivity (Wildman–Crippen MR) is 77.0 cm³/mol. The number of rotatable bonds is 3. The lowest BCUT2D eigenvalue weighted by Gasteiger charge is -2.12. The van der Waals surface area contributed by atoms with Crippen molar-refractivity contribution in [2.24, 2.45) is 0 Å². The van der Waals surface area contributed by atoms with Crippen molar-refractivity contribution in [3.63, 3.8) is 0 Å². The summed E-state index contributed by atoms with van der Waals surface area (Å²) in [7, 11) is 0. The molecule has 0 atom stereocenters. The van der Waals surface area contributed by atoms with E-state index in [1.165, 1.54) is 6.20 Å². The van der Waals surface area contributed by atoms with Gasteiger partial charge in [-0.2, -0.15) is 0 Å². The second-order valence-corrected chi connectivity index (χ2v) is 4.94. The summed E-state index contributed by atoms with van der Waals surface area (Å²) in [5.74, 6) is -0.588. The molecule has 0 aliphatic rings. The Balaban J connectivity index is 2.69. The van der Waals surface area contributed by atoms with Gasteiger partial charge in [-0.3, -0.25) is 4.79 Å². The SMILES string of the molecule is CCn1cc(C(=O)OC(C)C)c(=O)c2ccc(C)nc21. The average molecular weight is 274 g/mol. The standard InChI is InChI=1S/C15H18N2O3/c1-5-17-8-12(15(19)20-9(2)3)13(18)11-7-6-10(4)16-14(11)17/h6-9H,5H2,1-4H3. The first-order chi connectivity index (χ1) is 9.43. The molecular weight excluding hydrogens is 256 g/mol. The van der Waals surface area contributed by atoms with Crippen molar-refractivity contribution >= 4 is 17.0 Å². The molecule has 0 aliphatic carbocycles. The number of fused-ring (bicyclic) bond motifs is 1. The average Bonchev–Trinajstić information content (AvgIpc) is 2.38. The van der Waals surface area contributed by atoms with Crippen LogP contribution in [0.25, 0.3) is 11.0 Å². The number of nitrogens with zero attached hydrogens (tertiary/aromatic N) is 2. The molecule has 0 radical (unpaired) electrons. The number of pyridine rings is 2. The minimum absolute atomic E-state index is 0.0544. The first-order valence-corrected chi connectivity index (χ1v) is 6.65. The van der Waals surface area contributed by atoms with Crippen LogP contribution in [0.15, 0.2) is 23.1 Å². The van der Waals surface area contributed by atoms with Crippen molar-refractivity contribution in [3.05, 3.63) is 39.8 Å². The van der Waals surface area contributed by atoms with E-state index in [9.17, 15) is 9.59 Å². The third kappa shape index (κ3) is 2.57. The molecular formula is C15H18N2O3. The maximum absolute atomic E-state index is 12.4. The van der Waals surface area contributed by atoms with Crippen molar-refractivity contribution in [2.45, 2.75) is 40.3 Å². The third-order valence-corrected chi connectivity index (χ3v) is 2.96. The largest absolute Gasteiger partial charge is 0.459 e. The van der Waals surface area contributed by atoms with E-state index in [0.717, 1.165) is 5.69 Å². The molecule has 2 aromatic rings. The normalized spacial score (nSPS) is 11.1. The highest BCUT2D eigenvalue weighted by Crippen LogP contribution is 2.12. The zero-order valence-corrected chi connectivity index (χ0v) is 12.1. The molecule has 20 heavy (non-hydrogen) atoms. The second kappa shape index (κ2) is 5.45. The van der Waals surface area contributed by atoms with E-state index < -0.39 is 5.97 Å². The molecule has 0 bridgehead atoms. The number of esters is 1. The summed E-state index contributed by atoms with van der Waals surface area (Å²) >= 11 is 0. The van der Waals surface area contributed by atoms with Gasteiger partial charge in [0.15, 0.2) is 0 Å². The number of aromatic nitrogens is 2. The molecule has 2 rings (SSSR count). The number of aryl methyl sites for hydroxylation is 2. The fraction of sp³-hybridized carbons (Fsp3) is 0.400. The van der Waals surface area contributed by atoms with Gasteiger partial charge in [0.05, 0.1) is 11.5 Å². The molecule has 0 saturated heterocycles. The first-order valence-electron chi connectivity index (χ1n) is 6.65. The van der Waals surface area contributed by atoms with Crippen LogP contribution in [0.5, 0.6) is 0 Å². The second-order valence-electron chi connectivity index (χ2n) is 4.94. The number of carbonyl (C=O) groups excluding carboxylic acids is 1. The van der Waals surface area contributed by atoms with Crippen LogP contribution in [0.4, 0.5) is 0 Å². The summed E-state index contributed by atoms with van der Waals surface area (Å²) < 4.78 is 6.91. The minimum Gasteiger partial charge on any atom is -0.459 e. The molecule has 0 aromatic carbocycles. The molecule has 0 fully saturated rings. The molecule has 0 saturated carbocycles. The van der Waals surface area contributed by atoms with Gasteiger partial charge in [0.25, 0.3) is 0 Å². The van der Waals surface area contributed by atoms with Gasteiger partial charge in [-0.05, 0) is 39.8 Å². The lowest BCUT2D eigenvalue weighted by atomic mass is 10.2. The Morgan fingerprint density at radius 1 is 1.40 bits per heavy atom. The quantitative estimate of drug-likeness (QED) is 0.806. The van der Waals surface area contributed by atoms with Gasteiger partial charge in [-0.1, -0.05) is 0 Å². The molecule has 106 valence electrons. The van der Waals surface area contributed by atoms with Gasteiger partial charge in [-0.25, -0.2) is 9.78 Å². The summed E-state index contributed by atoms with van der Waals surface area (Å²) in [5, 5.41) is 0.440. The first kappa shape index (κ1) is 14.2. The van der Waals surface area contributed by atoms with Crippen molar-refractivity contribution in [1.29, 1.82) is 0 Å². The molecule has 2 heterocycles. The van der Waals surface area contributed by atoms with Crippen LogP contribution >= 0.6 is 0 Å². The Morgan fingerprint density at radius 2 is 2.10 bits per heavy atom. The smallest absolute Gasteiger partial charge is 0.343 e. The monoisotopic (exact) mass is 274 g/mol. The van der Waals surface area contributed by atoms with E-state index in [1.54, 1.807) is 30.5 Å². The number of hydrogen-bond acceptors (Lipinski definition) is 4. The van der Waals surface area contributed by atoms with E-state index in [-0.39, 0.29) is 17.1 Å². The molecule has 0 N–H and O–H groups in total. The maximum atomic E-state index is 12.4. The number of hydrogen-bond donors (Lipinski definition) is 0. The van der Waals surface area contributed by atoms with Crippen LogP contribution in [-0.4, -0.2) is 21.6 Å². The van der Waals surface area contributed by atoms with Gasteiger partial charge in [0, 0.05) is 18.4 Å². The maximum Gasteiger partial charge on any atom is 0.343 e. The van der Waals surface area contributed by atoms with Gasteiger partial charge >= 0.3 is 5.97 Å². The molecule has 0 aliphatic heterocycles. The molecule has 2 aromatic heterocycles. The summed E-state index contributed by atoms with van der Waals surface area (Å²) in [5.41, 5.74) is 1.15. The topological polar surface area (TPSA) is 61.2 Å². The van der Waals surface area contributed by atoms with E-state index >= 15 is 0 Å². The highest BCUT2D eigenvalue weighted by Gasteiger charge is 2.18. The van der Waals surface area contributed by atoms with Crippen LogP contribution in [0, 0.1) is 6.92 Å². The van der Waals surface area contributed by atoms with Gasteiger partial charge in [-0.15, -0.1) is 0 Å². The van der Waals surface area contributed by atoms with E-state index in [2.05, 4.69) is 4.98 Å². The molecule has 5 heteroatoms. The van der Waals surface area contributed by atoms with Crippen LogP contribution in [0.3, 0.4) is 0 Å². The van der Waals surface area contributed by atoms with Crippen molar-refractivity contribution in [1.82, 2.24) is 9.55 Å². The Morgan fingerprint density at radius 3 is 2.70 bits per heavy atom. The van der Waals surface area contributed by atoms with Crippen molar-refractivity contribution in [3.8, 4) is 0 Å². The van der Waals surface area contributed by atoms with Crippen LogP contribution < -0.4 is 5.43 Å². The van der Waals surface area contributed by atoms with Gasteiger partial charge in [0.1, 0.15) is 11.2 Å². The molecule has 0 unspecified atom stereocenters. The Bertz CT molecular complexity index is 717. The predicted octanol–water partition coefficient (Wildman–Crippen LogP) is 2.29. The Kier molecular flexibility index (Phi) is 3.88. The Hall–Kier alpha value is -2.17. The Labute approximate surface area is 117 Å². The lowest BCUT2D eigenvalue weighted by Crippen LogP contribution is -2.23. The zero-order valence-electron chi connectivity index (χ0n) is 12.1. The summed E-state index contributed by atoms with van der Waals surface area (Å²) in [6.45, 7) is 7.93. The molecule has 0 spiro atoms. The lowest BCUT2D eigenvalue weighted by molar-refractivity contribution is 0.0375. The van der Waals surface area contributed by atoms with Gasteiger partial charge in [0.2, 0.25) is 5.43 Å². The summed E-state index contributed by atoms with van der Waals surface area (Å²) in [6, 6.07) is 3.47. The van der Waals surface area contributed by atoms with Crippen LogP contribution in [0.1, 0.15) is 36.8 Å². The minimum atomic E-state index is -0.588. The number of carbonyl (C=O) groups is 1. The molecule has 5 nitrogen and oxygen atoms in total. The number of ether oxygens (including phenoxy) is 1. The van der Waals surface area contributed by atoms with Crippen molar-refractivity contribution in [2.75, 3.05) is 0 Å². The summed E-state index contributed by atoms with van der Waals surface area (Å²) in [6.07, 6.45) is 1.27. The van der Waals surface area contributed by atoms with Crippen LogP contribution in [0.2, 0.25) is 0 Å². The van der Waals surface area contributed by atoms with E-state index in [0.29, 0.717) is 17.6 Å². The molecule has 0 amide bonds. The highest BCUT2D eigenvalue weighted by molar-refractivity contribution is 5.93. The third-order valence-electron chi connectivity index (χ3n) is 2.96. The highest BCUT2D eigenvalue weighted by atomic mass is 16.5. The fourth-order valence-electron chi connectivity index (χ4n) is 2.02. The van der Waals surface area contributed by atoms with Crippen LogP contribution in [-0.2, 0) is 11.3 Å². The van der Waals surface area contributed by atoms with E-state index in [1.807, 2.05) is 13.8 Å².